The van der Waals surface area contributed by atoms with Gasteiger partial charge in [0.15, 0.2) is 11.5 Å². The van der Waals surface area contributed by atoms with E-state index in [4.69, 9.17) is 14.0 Å². The van der Waals surface area contributed by atoms with Crippen LogP contribution in [0.4, 0.5) is 13.2 Å². The zero-order chi connectivity index (χ0) is 25.0. The number of likely N-dealkylation sites (tertiary alicyclic amines) is 1. The highest BCUT2D eigenvalue weighted by atomic mass is 19.4. The summed E-state index contributed by atoms with van der Waals surface area (Å²) in [6.45, 7) is 5.84. The standard InChI is InChI=1S/C25H26F3N3O4/c1-3-33-20-10-5-16(13-21(20)34-4-2)11-12-31-15-18(14-22(31)32)24-29-23(30-35-24)17-6-8-19(9-7-17)25(26,27)28/h5-10,13,18H,3-4,11-12,14-15H2,1-2H3. The molecule has 1 unspecified atom stereocenters. The first-order valence-electron chi connectivity index (χ1n) is 11.5. The van der Waals surface area contributed by atoms with Gasteiger partial charge in [0.2, 0.25) is 17.6 Å². The molecule has 1 atom stereocenters. The van der Waals surface area contributed by atoms with Gasteiger partial charge in [-0.25, -0.2) is 0 Å². The molecule has 3 aromatic rings. The van der Waals surface area contributed by atoms with Crippen LogP contribution in [-0.4, -0.2) is 47.3 Å². The molecule has 1 amide bonds. The van der Waals surface area contributed by atoms with Crippen molar-refractivity contribution in [1.82, 2.24) is 15.0 Å². The lowest BCUT2D eigenvalue weighted by molar-refractivity contribution is -0.137. The molecule has 1 fully saturated rings. The summed E-state index contributed by atoms with van der Waals surface area (Å²) in [5, 5.41) is 3.89. The lowest BCUT2D eigenvalue weighted by atomic mass is 10.1. The molecule has 0 aliphatic carbocycles. The highest BCUT2D eigenvalue weighted by molar-refractivity contribution is 5.79. The molecule has 0 bridgehead atoms. The SMILES string of the molecule is CCOc1ccc(CCN2CC(c3nc(-c4ccc(C(F)(F)F)cc4)no3)CC2=O)cc1OCC. The van der Waals surface area contributed by atoms with Crippen LogP contribution in [0.3, 0.4) is 0 Å². The van der Waals surface area contributed by atoms with Crippen LogP contribution in [0, 0.1) is 0 Å². The Balaban J connectivity index is 1.38. The highest BCUT2D eigenvalue weighted by Crippen LogP contribution is 2.33. The van der Waals surface area contributed by atoms with Gasteiger partial charge < -0.3 is 18.9 Å². The number of amides is 1. The van der Waals surface area contributed by atoms with Gasteiger partial charge in [0.1, 0.15) is 0 Å². The van der Waals surface area contributed by atoms with E-state index in [9.17, 15) is 18.0 Å². The summed E-state index contributed by atoms with van der Waals surface area (Å²) in [5.41, 5.74) is 0.688. The van der Waals surface area contributed by atoms with Gasteiger partial charge in [0.25, 0.3) is 0 Å². The third kappa shape index (κ3) is 5.75. The van der Waals surface area contributed by atoms with Crippen molar-refractivity contribution in [2.75, 3.05) is 26.3 Å². The number of nitrogens with zero attached hydrogens (tertiary/aromatic N) is 3. The third-order valence-corrected chi connectivity index (χ3v) is 5.75. The van der Waals surface area contributed by atoms with Gasteiger partial charge in [-0.1, -0.05) is 23.4 Å². The Morgan fingerprint density at radius 2 is 1.77 bits per heavy atom. The first-order chi connectivity index (χ1) is 16.8. The Hall–Kier alpha value is -3.56. The van der Waals surface area contributed by atoms with Crippen molar-refractivity contribution in [3.63, 3.8) is 0 Å². The molecule has 7 nitrogen and oxygen atoms in total. The van der Waals surface area contributed by atoms with E-state index in [0.717, 1.165) is 17.7 Å². The predicted molar refractivity (Wildman–Crippen MR) is 121 cm³/mol. The molecular weight excluding hydrogens is 463 g/mol. The Morgan fingerprint density at radius 1 is 1.06 bits per heavy atom. The van der Waals surface area contributed by atoms with Crippen LogP contribution in [0.15, 0.2) is 47.0 Å². The predicted octanol–water partition coefficient (Wildman–Crippen LogP) is 5.11. The summed E-state index contributed by atoms with van der Waals surface area (Å²) in [7, 11) is 0. The van der Waals surface area contributed by atoms with Crippen LogP contribution in [-0.2, 0) is 17.4 Å². The second-order valence-corrected chi connectivity index (χ2v) is 8.17. The molecule has 1 saturated heterocycles. The quantitative estimate of drug-likeness (QED) is 0.416. The summed E-state index contributed by atoms with van der Waals surface area (Å²) >= 11 is 0. The van der Waals surface area contributed by atoms with Crippen molar-refractivity contribution in [2.24, 2.45) is 0 Å². The average Bonchev–Trinajstić information content (AvgIpc) is 3.46. The fraction of sp³-hybridized carbons (Fsp3) is 0.400. The number of carbonyl (C=O) groups excluding carboxylic acids is 1. The van der Waals surface area contributed by atoms with Gasteiger partial charge in [-0.2, -0.15) is 18.2 Å². The number of hydrogen-bond donors (Lipinski definition) is 0. The van der Waals surface area contributed by atoms with Gasteiger partial charge in [0.05, 0.1) is 24.7 Å². The second-order valence-electron chi connectivity index (χ2n) is 8.17. The smallest absolute Gasteiger partial charge is 0.416 e. The van der Waals surface area contributed by atoms with Crippen molar-refractivity contribution >= 4 is 5.91 Å². The third-order valence-electron chi connectivity index (χ3n) is 5.75. The Morgan fingerprint density at radius 3 is 2.46 bits per heavy atom. The topological polar surface area (TPSA) is 77.7 Å². The van der Waals surface area contributed by atoms with Gasteiger partial charge in [-0.3, -0.25) is 4.79 Å². The monoisotopic (exact) mass is 489 g/mol. The van der Waals surface area contributed by atoms with Crippen LogP contribution in [0.5, 0.6) is 11.5 Å². The van der Waals surface area contributed by atoms with Crippen molar-refractivity contribution in [3.05, 3.63) is 59.5 Å². The van der Waals surface area contributed by atoms with Gasteiger partial charge in [-0.05, 0) is 50.1 Å². The van der Waals surface area contributed by atoms with E-state index < -0.39 is 11.7 Å². The van der Waals surface area contributed by atoms with E-state index in [-0.39, 0.29) is 24.1 Å². The van der Waals surface area contributed by atoms with E-state index in [1.54, 1.807) is 4.90 Å². The van der Waals surface area contributed by atoms with Crippen molar-refractivity contribution in [3.8, 4) is 22.9 Å². The van der Waals surface area contributed by atoms with Crippen LogP contribution in [0.2, 0.25) is 0 Å². The summed E-state index contributed by atoms with van der Waals surface area (Å²) in [6, 6.07) is 10.3. The fourth-order valence-electron chi connectivity index (χ4n) is 4.00. The zero-order valence-electron chi connectivity index (χ0n) is 19.5. The summed E-state index contributed by atoms with van der Waals surface area (Å²) < 4.78 is 55.0. The average molecular weight is 489 g/mol. The van der Waals surface area contributed by atoms with Gasteiger partial charge in [0, 0.05) is 25.1 Å². The van der Waals surface area contributed by atoms with Crippen LogP contribution in [0.1, 0.15) is 43.2 Å². The molecule has 0 saturated carbocycles. The lowest BCUT2D eigenvalue weighted by Crippen LogP contribution is -2.27. The van der Waals surface area contributed by atoms with E-state index in [1.807, 2.05) is 32.0 Å². The minimum absolute atomic E-state index is 0.0137. The highest BCUT2D eigenvalue weighted by Gasteiger charge is 2.34. The number of alkyl halides is 3. The molecule has 0 radical (unpaired) electrons. The normalized spacial score (nSPS) is 16.1. The van der Waals surface area contributed by atoms with E-state index in [0.29, 0.717) is 55.7 Å². The molecule has 0 N–H and O–H groups in total. The maximum atomic E-state index is 12.8. The molecule has 1 aliphatic heterocycles. The minimum atomic E-state index is -4.41. The molecule has 1 aliphatic rings. The molecule has 2 heterocycles. The van der Waals surface area contributed by atoms with E-state index >= 15 is 0 Å². The Bertz CT molecular complexity index is 1160. The summed E-state index contributed by atoms with van der Waals surface area (Å²) in [6.07, 6.45) is -3.53. The van der Waals surface area contributed by atoms with Crippen LogP contribution < -0.4 is 9.47 Å². The first-order valence-corrected chi connectivity index (χ1v) is 11.5. The maximum Gasteiger partial charge on any atom is 0.416 e. The van der Waals surface area contributed by atoms with Gasteiger partial charge in [-0.15, -0.1) is 0 Å². The number of carbonyl (C=O) groups is 1. The molecule has 35 heavy (non-hydrogen) atoms. The number of aromatic nitrogens is 2. The minimum Gasteiger partial charge on any atom is -0.490 e. The first kappa shape index (κ1) is 24.6. The van der Waals surface area contributed by atoms with E-state index in [2.05, 4.69) is 10.1 Å². The van der Waals surface area contributed by atoms with Gasteiger partial charge >= 0.3 is 6.18 Å². The maximum absolute atomic E-state index is 12.8. The summed E-state index contributed by atoms with van der Waals surface area (Å²) in [4.78, 5) is 18.7. The lowest BCUT2D eigenvalue weighted by Gasteiger charge is -2.17. The Kier molecular flexibility index (Phi) is 7.28. The molecule has 10 heteroatoms. The molecule has 0 spiro atoms. The fourth-order valence-corrected chi connectivity index (χ4v) is 4.00. The summed E-state index contributed by atoms with van der Waals surface area (Å²) in [5.74, 6) is 1.58. The number of hydrogen-bond acceptors (Lipinski definition) is 6. The molecule has 4 rings (SSSR count). The number of rotatable bonds is 9. The van der Waals surface area contributed by atoms with E-state index in [1.165, 1.54) is 12.1 Å². The molecule has 1 aromatic heterocycles. The van der Waals surface area contributed by atoms with Crippen molar-refractivity contribution < 1.29 is 32.0 Å². The number of halogens is 3. The molecular formula is C25H26F3N3O4. The van der Waals surface area contributed by atoms with Crippen LogP contribution in [0.25, 0.3) is 11.4 Å². The van der Waals surface area contributed by atoms with Crippen molar-refractivity contribution in [1.29, 1.82) is 0 Å². The number of benzene rings is 2. The zero-order valence-corrected chi connectivity index (χ0v) is 19.5. The Labute approximate surface area is 200 Å². The molecule has 2 aromatic carbocycles. The van der Waals surface area contributed by atoms with Crippen molar-refractivity contribution in [2.45, 2.75) is 38.8 Å². The number of ether oxygens (including phenoxy) is 2. The second kappa shape index (κ2) is 10.4. The van der Waals surface area contributed by atoms with Crippen LogP contribution >= 0.6 is 0 Å². The largest absolute Gasteiger partial charge is 0.490 e. The molecule has 186 valence electrons.